The number of rotatable bonds is 1. The van der Waals surface area contributed by atoms with Crippen molar-refractivity contribution in [2.24, 2.45) is 0 Å². The molecule has 0 atom stereocenters. The molecule has 3 N–H and O–H groups in total. The highest BCUT2D eigenvalue weighted by Crippen LogP contribution is 2.15. The fourth-order valence-corrected chi connectivity index (χ4v) is 2.01. The molecule has 0 amide bonds. The molecule has 0 fully saturated rings. The minimum atomic E-state index is -0.406. The molecule has 0 aromatic carbocycles. The van der Waals surface area contributed by atoms with Gasteiger partial charge >= 0.3 is 5.56 Å². The largest absolute Gasteiger partial charge is 0.382 e. The summed E-state index contributed by atoms with van der Waals surface area (Å²) in [4.78, 5) is 34.3. The number of anilines is 1. The van der Waals surface area contributed by atoms with Crippen LogP contribution in [-0.4, -0.2) is 39.3 Å². The average molecular weight is 269 g/mol. The van der Waals surface area contributed by atoms with Gasteiger partial charge in [-0.3, -0.25) is 4.79 Å². The maximum Gasteiger partial charge on any atom is 0.300 e. The van der Waals surface area contributed by atoms with Crippen LogP contribution in [0.3, 0.4) is 0 Å². The summed E-state index contributed by atoms with van der Waals surface area (Å²) in [7, 11) is 0. The molecule has 98 valence electrons. The normalized spacial score (nSPS) is 11.4. The maximum atomic E-state index is 11.6. The molecule has 4 heterocycles. The van der Waals surface area contributed by atoms with E-state index in [1.165, 1.54) is 25.3 Å². The van der Waals surface area contributed by atoms with Crippen molar-refractivity contribution in [1.82, 2.24) is 39.3 Å². The minimum absolute atomic E-state index is 0.233. The molecule has 0 aliphatic heterocycles. The van der Waals surface area contributed by atoms with Crippen molar-refractivity contribution in [3.8, 4) is 0 Å². The summed E-state index contributed by atoms with van der Waals surface area (Å²) in [6.45, 7) is 0. The van der Waals surface area contributed by atoms with E-state index in [0.29, 0.717) is 16.8 Å². The number of aromatic nitrogens is 8. The first-order valence-corrected chi connectivity index (χ1v) is 5.60. The monoisotopic (exact) mass is 269 g/mol. The topological polar surface area (TPSA) is 133 Å². The van der Waals surface area contributed by atoms with Gasteiger partial charge in [-0.25, -0.2) is 29.3 Å². The summed E-state index contributed by atoms with van der Waals surface area (Å²) < 4.78 is 3.21. The number of H-pyrrole nitrogens is 1. The molecule has 0 aliphatic rings. The summed E-state index contributed by atoms with van der Waals surface area (Å²) in [6.07, 6.45) is 5.66. The van der Waals surface area contributed by atoms with Crippen molar-refractivity contribution < 1.29 is 0 Å². The van der Waals surface area contributed by atoms with Crippen molar-refractivity contribution >= 4 is 28.1 Å². The van der Waals surface area contributed by atoms with Crippen molar-refractivity contribution in [3.05, 3.63) is 35.7 Å². The van der Waals surface area contributed by atoms with Crippen LogP contribution in [0.15, 0.2) is 30.1 Å². The Morgan fingerprint density at radius 3 is 2.70 bits per heavy atom. The summed E-state index contributed by atoms with van der Waals surface area (Å²) in [6, 6.07) is 0. The molecule has 0 spiro atoms. The third kappa shape index (κ3) is 1.27. The third-order valence-corrected chi connectivity index (χ3v) is 2.91. The first-order valence-electron chi connectivity index (χ1n) is 5.60. The van der Waals surface area contributed by atoms with Crippen LogP contribution in [-0.2, 0) is 0 Å². The number of imidazole rings is 2. The van der Waals surface area contributed by atoms with E-state index in [2.05, 4.69) is 29.9 Å². The van der Waals surface area contributed by atoms with Gasteiger partial charge in [-0.2, -0.15) is 4.98 Å². The predicted octanol–water partition coefficient (Wildman–Crippen LogP) is -0.847. The maximum absolute atomic E-state index is 11.6. The molecular formula is C10H7N9O. The van der Waals surface area contributed by atoms with Gasteiger partial charge in [-0.1, -0.05) is 0 Å². The van der Waals surface area contributed by atoms with E-state index in [4.69, 9.17) is 5.73 Å². The van der Waals surface area contributed by atoms with Crippen LogP contribution < -0.4 is 11.3 Å². The van der Waals surface area contributed by atoms with E-state index < -0.39 is 5.56 Å². The van der Waals surface area contributed by atoms with Gasteiger partial charge in [-0.05, 0) is 0 Å². The molecule has 10 nitrogen and oxygen atoms in total. The number of nitrogen functional groups attached to an aromatic ring is 1. The van der Waals surface area contributed by atoms with Gasteiger partial charge in [0.2, 0.25) is 0 Å². The van der Waals surface area contributed by atoms with E-state index in [-0.39, 0.29) is 11.3 Å². The Balaban J connectivity index is 2.10. The Hall–Kier alpha value is -3.30. The fourth-order valence-electron chi connectivity index (χ4n) is 2.01. The molecule has 0 saturated carbocycles. The number of hydrogen-bond acceptors (Lipinski definition) is 7. The predicted molar refractivity (Wildman–Crippen MR) is 68.7 cm³/mol. The first-order chi connectivity index (χ1) is 9.75. The molecule has 0 saturated heterocycles. The third-order valence-electron chi connectivity index (χ3n) is 2.91. The molecule has 20 heavy (non-hydrogen) atoms. The van der Waals surface area contributed by atoms with Gasteiger partial charge in [0.15, 0.2) is 28.1 Å². The molecule has 10 heteroatoms. The molecular weight excluding hydrogens is 262 g/mol. The van der Waals surface area contributed by atoms with Crippen LogP contribution in [0, 0.1) is 0 Å². The zero-order valence-electron chi connectivity index (χ0n) is 9.93. The summed E-state index contributed by atoms with van der Waals surface area (Å²) >= 11 is 0. The van der Waals surface area contributed by atoms with Crippen LogP contribution >= 0.6 is 0 Å². The molecule has 4 aromatic rings. The van der Waals surface area contributed by atoms with Crippen molar-refractivity contribution in [2.75, 3.05) is 5.73 Å². The zero-order valence-corrected chi connectivity index (χ0v) is 9.93. The molecule has 0 aliphatic carbocycles. The van der Waals surface area contributed by atoms with Crippen molar-refractivity contribution in [3.63, 3.8) is 0 Å². The number of nitrogens with one attached hydrogen (secondary N) is 1. The molecule has 0 radical (unpaired) electrons. The van der Waals surface area contributed by atoms with Gasteiger partial charge in [0.05, 0.1) is 6.33 Å². The zero-order chi connectivity index (χ0) is 13.7. The Kier molecular flexibility index (Phi) is 1.91. The van der Waals surface area contributed by atoms with Gasteiger partial charge in [-0.15, -0.1) is 0 Å². The van der Waals surface area contributed by atoms with Crippen molar-refractivity contribution in [1.29, 1.82) is 0 Å². The quantitative estimate of drug-likeness (QED) is 0.459. The highest BCUT2D eigenvalue weighted by molar-refractivity contribution is 5.81. The lowest BCUT2D eigenvalue weighted by Gasteiger charge is -2.04. The highest BCUT2D eigenvalue weighted by atomic mass is 16.1. The fraction of sp³-hybridized carbons (Fsp3) is 0. The van der Waals surface area contributed by atoms with Crippen LogP contribution in [0.2, 0.25) is 0 Å². The van der Waals surface area contributed by atoms with Gasteiger partial charge in [0.1, 0.15) is 19.0 Å². The number of nitrogens with zero attached hydrogens (tertiary/aromatic N) is 7. The molecule has 4 aromatic heterocycles. The Labute approximate surface area is 109 Å². The van der Waals surface area contributed by atoms with Gasteiger partial charge < -0.3 is 10.7 Å². The van der Waals surface area contributed by atoms with E-state index in [0.717, 1.165) is 0 Å². The summed E-state index contributed by atoms with van der Waals surface area (Å²) in [5, 5.41) is 0. The molecule has 0 bridgehead atoms. The smallest absolute Gasteiger partial charge is 0.300 e. The van der Waals surface area contributed by atoms with Gasteiger partial charge in [0, 0.05) is 0 Å². The van der Waals surface area contributed by atoms with E-state index in [1.54, 1.807) is 9.35 Å². The van der Waals surface area contributed by atoms with Crippen LogP contribution in [0.5, 0.6) is 0 Å². The first kappa shape index (κ1) is 10.6. The Morgan fingerprint density at radius 2 is 1.80 bits per heavy atom. The second-order valence-corrected chi connectivity index (χ2v) is 4.01. The minimum Gasteiger partial charge on any atom is -0.382 e. The average Bonchev–Trinajstić information content (AvgIpc) is 3.03. The summed E-state index contributed by atoms with van der Waals surface area (Å²) in [5.74, 6) is 0.285. The lowest BCUT2D eigenvalue weighted by atomic mass is 10.5. The number of nitrogens with two attached hydrogens (primary N) is 1. The van der Waals surface area contributed by atoms with Crippen LogP contribution in [0.25, 0.3) is 22.3 Å². The van der Waals surface area contributed by atoms with Crippen LogP contribution in [0.1, 0.15) is 0 Å². The lowest BCUT2D eigenvalue weighted by molar-refractivity contribution is 0.687. The Bertz CT molecular complexity index is 995. The molecule has 4 rings (SSSR count). The Morgan fingerprint density at radius 1 is 1.00 bits per heavy atom. The second-order valence-electron chi connectivity index (χ2n) is 4.01. The highest BCUT2D eigenvalue weighted by Gasteiger charge is 2.13. The number of aromatic amines is 1. The van der Waals surface area contributed by atoms with E-state index in [9.17, 15) is 4.79 Å². The molecule has 0 unspecified atom stereocenters. The van der Waals surface area contributed by atoms with Gasteiger partial charge in [0.25, 0.3) is 0 Å². The number of fused-ring (bicyclic) bond motifs is 2. The SMILES string of the molecule is Nc1ncnc2c1ncn2-n1cnc2c(=O)nc[nH]c21. The number of hydrogen-bond donors (Lipinski definition) is 2. The summed E-state index contributed by atoms with van der Waals surface area (Å²) in [5.41, 5.74) is 7.04. The second kappa shape index (κ2) is 3.60. The van der Waals surface area contributed by atoms with Crippen molar-refractivity contribution in [2.45, 2.75) is 0 Å². The lowest BCUT2D eigenvalue weighted by Crippen LogP contribution is -2.11. The van der Waals surface area contributed by atoms with E-state index >= 15 is 0 Å². The standard InChI is InChI=1S/C10H7N9O/c11-7-5-8(13-1-12-7)18(3-16-5)19-4-17-6-9(19)14-2-15-10(6)20/h1-4H,(H2,11,12,13)(H,14,15,20). The van der Waals surface area contributed by atoms with Crippen LogP contribution in [0.4, 0.5) is 5.82 Å². The van der Waals surface area contributed by atoms with E-state index in [1.807, 2.05) is 0 Å².